The predicted octanol–water partition coefficient (Wildman–Crippen LogP) is 3.92. The Morgan fingerprint density at radius 2 is 1.75 bits per heavy atom. The number of nitrogens with zero attached hydrogens (tertiary/aromatic N) is 1. The second kappa shape index (κ2) is 7.31. The van der Waals surface area contributed by atoms with Gasteiger partial charge in [-0.25, -0.2) is 9.18 Å². The van der Waals surface area contributed by atoms with Crippen molar-refractivity contribution >= 4 is 33.4 Å². The molecule has 2 aromatic carbocycles. The Morgan fingerprint density at radius 1 is 1.17 bits per heavy atom. The van der Waals surface area contributed by atoms with Gasteiger partial charge >= 0.3 is 5.97 Å². The van der Waals surface area contributed by atoms with E-state index in [1.807, 2.05) is 0 Å². The van der Waals surface area contributed by atoms with Crippen LogP contribution in [0.1, 0.15) is 27.6 Å². The van der Waals surface area contributed by atoms with Crippen LogP contribution < -0.4 is 0 Å². The van der Waals surface area contributed by atoms with Crippen LogP contribution in [0.25, 0.3) is 0 Å². The molecule has 0 spiro atoms. The summed E-state index contributed by atoms with van der Waals surface area (Å²) in [7, 11) is 0. The third kappa shape index (κ3) is 4.02. The molecule has 8 heteroatoms. The van der Waals surface area contributed by atoms with Crippen LogP contribution in [0.4, 0.5) is 10.1 Å². The lowest BCUT2D eigenvalue weighted by molar-refractivity contribution is -0.385. The third-order valence-corrected chi connectivity index (χ3v) is 3.83. The molecule has 0 N–H and O–H groups in total. The Labute approximate surface area is 144 Å². The van der Waals surface area contributed by atoms with Crippen molar-refractivity contribution < 1.29 is 23.6 Å². The van der Waals surface area contributed by atoms with E-state index < -0.39 is 28.6 Å². The molecule has 24 heavy (non-hydrogen) atoms. The number of Topliss-reactive ketones (excluding diaryl/α,β-unsaturated/α-hetero) is 1. The second-order valence-electron chi connectivity index (χ2n) is 4.84. The van der Waals surface area contributed by atoms with E-state index >= 15 is 0 Å². The van der Waals surface area contributed by atoms with Crippen molar-refractivity contribution in [3.63, 3.8) is 0 Å². The number of nitro groups is 1. The molecule has 6 nitrogen and oxygen atoms in total. The summed E-state index contributed by atoms with van der Waals surface area (Å²) in [5, 5.41) is 10.9. The molecule has 0 saturated heterocycles. The Bertz CT molecular complexity index is 807. The van der Waals surface area contributed by atoms with E-state index in [2.05, 4.69) is 15.9 Å². The SMILES string of the molecule is C[C@H](OC(=O)c1ccc(Br)c([N+](=O)[O-])c1)C(=O)c1ccc(F)cc1. The minimum atomic E-state index is -1.12. The first kappa shape index (κ1) is 17.7. The van der Waals surface area contributed by atoms with Crippen molar-refractivity contribution in [3.8, 4) is 0 Å². The van der Waals surface area contributed by atoms with E-state index in [9.17, 15) is 24.1 Å². The van der Waals surface area contributed by atoms with Gasteiger partial charge < -0.3 is 4.74 Å². The molecule has 1 atom stereocenters. The van der Waals surface area contributed by atoms with Gasteiger partial charge in [0.05, 0.1) is 15.0 Å². The van der Waals surface area contributed by atoms with Crippen molar-refractivity contribution in [2.24, 2.45) is 0 Å². The van der Waals surface area contributed by atoms with Gasteiger partial charge in [-0.3, -0.25) is 14.9 Å². The lowest BCUT2D eigenvalue weighted by Gasteiger charge is -2.12. The standard InChI is InChI=1S/C16H11BrFNO5/c1-9(15(20)10-2-5-12(18)6-3-10)24-16(21)11-4-7-13(17)14(8-11)19(22)23/h2-9H,1H3/t9-/m0/s1. The van der Waals surface area contributed by atoms with E-state index in [1.165, 1.54) is 31.2 Å². The molecule has 0 radical (unpaired) electrons. The van der Waals surface area contributed by atoms with Crippen molar-refractivity contribution in [2.75, 3.05) is 0 Å². The fraction of sp³-hybridized carbons (Fsp3) is 0.125. The monoisotopic (exact) mass is 395 g/mol. The van der Waals surface area contributed by atoms with Crippen LogP contribution in [-0.2, 0) is 4.74 Å². The van der Waals surface area contributed by atoms with E-state index in [1.54, 1.807) is 0 Å². The number of ether oxygens (including phenoxy) is 1. The highest BCUT2D eigenvalue weighted by Gasteiger charge is 2.22. The molecular formula is C16H11BrFNO5. The molecule has 2 aromatic rings. The summed E-state index contributed by atoms with van der Waals surface area (Å²) < 4.78 is 18.1. The largest absolute Gasteiger partial charge is 0.451 e. The van der Waals surface area contributed by atoms with E-state index in [4.69, 9.17) is 4.74 Å². The summed E-state index contributed by atoms with van der Waals surface area (Å²) in [6.07, 6.45) is -1.12. The summed E-state index contributed by atoms with van der Waals surface area (Å²) >= 11 is 3.01. The smallest absolute Gasteiger partial charge is 0.339 e. The number of carbonyl (C=O) groups is 2. The molecule has 0 aliphatic carbocycles. The Kier molecular flexibility index (Phi) is 5.40. The van der Waals surface area contributed by atoms with Gasteiger partial charge in [0.2, 0.25) is 5.78 Å². The van der Waals surface area contributed by atoms with Crippen LogP contribution in [0.2, 0.25) is 0 Å². The second-order valence-corrected chi connectivity index (χ2v) is 5.70. The minimum Gasteiger partial charge on any atom is -0.451 e. The molecular weight excluding hydrogens is 385 g/mol. The number of ketones is 1. The van der Waals surface area contributed by atoms with Crippen LogP contribution in [0.3, 0.4) is 0 Å². The molecule has 0 unspecified atom stereocenters. The minimum absolute atomic E-state index is 0.0522. The zero-order valence-electron chi connectivity index (χ0n) is 12.4. The van der Waals surface area contributed by atoms with E-state index in [-0.39, 0.29) is 21.3 Å². The van der Waals surface area contributed by atoms with Gasteiger partial charge in [-0.15, -0.1) is 0 Å². The molecule has 0 saturated carbocycles. The highest BCUT2D eigenvalue weighted by atomic mass is 79.9. The van der Waals surface area contributed by atoms with Gasteiger partial charge in [-0.2, -0.15) is 0 Å². The van der Waals surface area contributed by atoms with Gasteiger partial charge in [0, 0.05) is 11.6 Å². The summed E-state index contributed by atoms with van der Waals surface area (Å²) in [5.41, 5.74) is -0.149. The first-order valence-corrected chi connectivity index (χ1v) is 7.53. The predicted molar refractivity (Wildman–Crippen MR) is 86.4 cm³/mol. The third-order valence-electron chi connectivity index (χ3n) is 3.16. The molecule has 0 heterocycles. The molecule has 0 aromatic heterocycles. The number of hydrogen-bond acceptors (Lipinski definition) is 5. The van der Waals surface area contributed by atoms with Crippen molar-refractivity contribution in [1.29, 1.82) is 0 Å². The van der Waals surface area contributed by atoms with Gasteiger partial charge in [-0.1, -0.05) is 0 Å². The number of rotatable bonds is 5. The van der Waals surface area contributed by atoms with Gasteiger partial charge in [0.1, 0.15) is 5.82 Å². The maximum Gasteiger partial charge on any atom is 0.339 e. The van der Waals surface area contributed by atoms with Crippen LogP contribution in [0, 0.1) is 15.9 Å². The maximum atomic E-state index is 12.9. The fourth-order valence-electron chi connectivity index (χ4n) is 1.91. The van der Waals surface area contributed by atoms with Crippen LogP contribution >= 0.6 is 15.9 Å². The Morgan fingerprint density at radius 3 is 2.33 bits per heavy atom. The van der Waals surface area contributed by atoms with E-state index in [0.29, 0.717) is 0 Å². The Balaban J connectivity index is 2.14. The molecule has 124 valence electrons. The zero-order chi connectivity index (χ0) is 17.9. The molecule has 0 aliphatic heterocycles. The number of halogens is 2. The van der Waals surface area contributed by atoms with Gasteiger partial charge in [-0.05, 0) is 59.3 Å². The normalized spacial score (nSPS) is 11.6. The molecule has 0 bridgehead atoms. The maximum absolute atomic E-state index is 12.9. The topological polar surface area (TPSA) is 86.5 Å². The first-order chi connectivity index (χ1) is 11.3. The number of hydrogen-bond donors (Lipinski definition) is 0. The van der Waals surface area contributed by atoms with E-state index in [0.717, 1.165) is 18.2 Å². The number of esters is 1. The van der Waals surface area contributed by atoms with Gasteiger partial charge in [0.15, 0.2) is 6.10 Å². The van der Waals surface area contributed by atoms with Crippen LogP contribution in [-0.4, -0.2) is 22.8 Å². The molecule has 0 aliphatic rings. The van der Waals surface area contributed by atoms with Crippen LogP contribution in [0.5, 0.6) is 0 Å². The summed E-state index contributed by atoms with van der Waals surface area (Å²) in [4.78, 5) is 34.4. The van der Waals surface area contributed by atoms with Crippen molar-refractivity contribution in [1.82, 2.24) is 0 Å². The lowest BCUT2D eigenvalue weighted by Crippen LogP contribution is -2.24. The summed E-state index contributed by atoms with van der Waals surface area (Å²) in [5.74, 6) is -1.86. The molecule has 0 fully saturated rings. The number of nitro benzene ring substituents is 1. The number of benzene rings is 2. The Hall–Kier alpha value is -2.61. The molecule has 0 amide bonds. The fourth-order valence-corrected chi connectivity index (χ4v) is 2.30. The molecule has 2 rings (SSSR count). The zero-order valence-corrected chi connectivity index (χ0v) is 13.9. The van der Waals surface area contributed by atoms with Crippen LogP contribution in [0.15, 0.2) is 46.9 Å². The van der Waals surface area contributed by atoms with Crippen molar-refractivity contribution in [2.45, 2.75) is 13.0 Å². The van der Waals surface area contributed by atoms with Crippen molar-refractivity contribution in [3.05, 3.63) is 74.0 Å². The lowest BCUT2D eigenvalue weighted by atomic mass is 10.1. The summed E-state index contributed by atoms with van der Waals surface area (Å²) in [6.45, 7) is 1.37. The average Bonchev–Trinajstić information content (AvgIpc) is 2.54. The van der Waals surface area contributed by atoms with Gasteiger partial charge in [0.25, 0.3) is 5.69 Å². The highest BCUT2D eigenvalue weighted by Crippen LogP contribution is 2.26. The average molecular weight is 396 g/mol. The summed E-state index contributed by atoms with van der Waals surface area (Å²) in [6, 6.07) is 8.57. The highest BCUT2D eigenvalue weighted by molar-refractivity contribution is 9.10. The first-order valence-electron chi connectivity index (χ1n) is 6.74. The number of carbonyl (C=O) groups excluding carboxylic acids is 2. The quantitative estimate of drug-likeness (QED) is 0.331.